The van der Waals surface area contributed by atoms with E-state index in [4.69, 9.17) is 0 Å². The molecule has 10 nitrogen and oxygen atoms in total. The van der Waals surface area contributed by atoms with Crippen molar-refractivity contribution in [2.24, 2.45) is 0 Å². The molecule has 1 aliphatic carbocycles. The Morgan fingerprint density at radius 2 is 1.80 bits per heavy atom. The molecule has 0 spiro atoms. The highest BCUT2D eigenvalue weighted by Crippen LogP contribution is 2.45. The summed E-state index contributed by atoms with van der Waals surface area (Å²) in [7, 11) is -3.28. The molecule has 18 heteroatoms. The van der Waals surface area contributed by atoms with E-state index in [-0.39, 0.29) is 61.3 Å². The molecule has 1 aliphatic rings. The third kappa shape index (κ3) is 7.38. The van der Waals surface area contributed by atoms with Crippen molar-refractivity contribution in [1.82, 2.24) is 20.1 Å². The van der Waals surface area contributed by atoms with Crippen molar-refractivity contribution < 1.29 is 53.8 Å². The Balaban J connectivity index is 1.91. The molecule has 44 heavy (non-hydrogen) atoms. The molecule has 1 fully saturated rings. The van der Waals surface area contributed by atoms with Crippen molar-refractivity contribution in [2.75, 3.05) is 18.1 Å². The van der Waals surface area contributed by atoms with Gasteiger partial charge in [0.1, 0.15) is 26.9 Å². The molecular weight excluding hydrogens is 627 g/mol. The van der Waals surface area contributed by atoms with Crippen LogP contribution in [0, 0.1) is 6.92 Å². The Labute approximate surface area is 249 Å². The van der Waals surface area contributed by atoms with Crippen molar-refractivity contribution in [1.29, 1.82) is 0 Å². The molecule has 0 radical (unpaired) electrons. The van der Waals surface area contributed by atoms with Gasteiger partial charge >= 0.3 is 18.7 Å². The summed E-state index contributed by atoms with van der Waals surface area (Å²) >= 11 is 0. The predicted molar refractivity (Wildman–Crippen MR) is 146 cm³/mol. The van der Waals surface area contributed by atoms with E-state index >= 15 is 0 Å². The van der Waals surface area contributed by atoms with Gasteiger partial charge in [0.25, 0.3) is 5.91 Å². The van der Waals surface area contributed by atoms with Gasteiger partial charge in [-0.3, -0.25) is 9.48 Å². The molecular formula is C26H34F7N5O5S. The first-order valence-corrected chi connectivity index (χ1v) is 15.4. The van der Waals surface area contributed by atoms with Gasteiger partial charge in [-0.1, -0.05) is 0 Å². The van der Waals surface area contributed by atoms with E-state index in [2.05, 4.69) is 20.1 Å². The summed E-state index contributed by atoms with van der Waals surface area (Å²) in [5, 5.41) is 19.0. The van der Waals surface area contributed by atoms with Gasteiger partial charge in [0.2, 0.25) is 0 Å². The maximum Gasteiger partial charge on any atom is 0.455 e. The monoisotopic (exact) mass is 661 g/mol. The van der Waals surface area contributed by atoms with Crippen LogP contribution in [0.15, 0.2) is 12.3 Å². The standard InChI is InChI=1S/C26H34F7N5O5S/c1-6-38-20(14(2)19(37-38)21(39)35-13-24(40)9-7-15(8-10-24)44(5,41)42)16-12-34-18(11-17(16)43-22(27)28)36-23(3,4)25(29,30)26(31,32)33/h11-12,15,22,40H,6-10,13H2,1-5H3,(H,34,36)(H,35,39). The second-order valence-corrected chi connectivity index (χ2v) is 13.7. The number of anilines is 1. The lowest BCUT2D eigenvalue weighted by Gasteiger charge is -2.36. The molecule has 0 aliphatic heterocycles. The number of aromatic nitrogens is 3. The number of hydrogen-bond donors (Lipinski definition) is 3. The summed E-state index contributed by atoms with van der Waals surface area (Å²) < 4.78 is 123. The lowest BCUT2D eigenvalue weighted by molar-refractivity contribution is -0.299. The van der Waals surface area contributed by atoms with Gasteiger partial charge < -0.3 is 20.5 Å². The number of halogens is 7. The topological polar surface area (TPSA) is 135 Å². The lowest BCUT2D eigenvalue weighted by Crippen LogP contribution is -2.57. The van der Waals surface area contributed by atoms with Gasteiger partial charge in [-0.25, -0.2) is 13.4 Å². The number of ether oxygens (including phenoxy) is 1. The largest absolute Gasteiger partial charge is 0.455 e. The number of aliphatic hydroxyl groups is 1. The second-order valence-electron chi connectivity index (χ2n) is 11.3. The van der Waals surface area contributed by atoms with Crippen LogP contribution in [0.3, 0.4) is 0 Å². The minimum absolute atomic E-state index is 0.0830. The number of carbonyl (C=O) groups excluding carboxylic acids is 1. The van der Waals surface area contributed by atoms with Crippen molar-refractivity contribution in [3.63, 3.8) is 0 Å². The Kier molecular flexibility index (Phi) is 9.90. The molecule has 248 valence electrons. The Morgan fingerprint density at radius 3 is 2.30 bits per heavy atom. The van der Waals surface area contributed by atoms with E-state index in [0.717, 1.165) is 18.5 Å². The fourth-order valence-corrected chi connectivity index (χ4v) is 6.12. The van der Waals surface area contributed by atoms with Gasteiger partial charge in [0, 0.05) is 37.2 Å². The molecule has 1 saturated carbocycles. The zero-order valence-corrected chi connectivity index (χ0v) is 25.3. The number of nitrogens with one attached hydrogen (secondary N) is 2. The molecule has 0 saturated heterocycles. The number of sulfone groups is 1. The van der Waals surface area contributed by atoms with Crippen LogP contribution < -0.4 is 15.4 Å². The fraction of sp³-hybridized carbons (Fsp3) is 0.654. The van der Waals surface area contributed by atoms with E-state index in [1.54, 1.807) is 6.92 Å². The SMILES string of the molecule is CCn1nc(C(=O)NCC2(O)CCC(S(C)(=O)=O)CC2)c(C)c1-c1cnc(NC(C)(C)C(F)(F)C(F)(F)F)cc1OC(F)F. The quantitative estimate of drug-likeness (QED) is 0.295. The first-order chi connectivity index (χ1) is 20.0. The average molecular weight is 662 g/mol. The maximum atomic E-state index is 14.1. The first-order valence-electron chi connectivity index (χ1n) is 13.5. The van der Waals surface area contributed by atoms with Gasteiger partial charge in [-0.05, 0) is 53.4 Å². The summed E-state index contributed by atoms with van der Waals surface area (Å²) in [5.74, 6) is -7.21. The highest BCUT2D eigenvalue weighted by Gasteiger charge is 2.66. The van der Waals surface area contributed by atoms with Crippen LogP contribution in [0.4, 0.5) is 36.6 Å². The fourth-order valence-electron chi connectivity index (χ4n) is 5.03. The highest BCUT2D eigenvalue weighted by atomic mass is 32.2. The molecule has 2 aromatic rings. The second kappa shape index (κ2) is 12.3. The Bertz CT molecular complexity index is 1470. The lowest BCUT2D eigenvalue weighted by atomic mass is 9.84. The summed E-state index contributed by atoms with van der Waals surface area (Å²) in [4.78, 5) is 17.0. The number of hydrogen-bond acceptors (Lipinski definition) is 8. The van der Waals surface area contributed by atoms with Gasteiger partial charge in [-0.15, -0.1) is 0 Å². The zero-order valence-electron chi connectivity index (χ0n) is 24.5. The smallest absolute Gasteiger partial charge is 0.434 e. The molecule has 0 aromatic carbocycles. The summed E-state index contributed by atoms with van der Waals surface area (Å²) in [6.45, 7) is 0.681. The van der Waals surface area contributed by atoms with Crippen LogP contribution in [0.25, 0.3) is 11.3 Å². The molecule has 0 unspecified atom stereocenters. The van der Waals surface area contributed by atoms with E-state index in [0.29, 0.717) is 13.8 Å². The molecule has 2 aromatic heterocycles. The van der Waals surface area contributed by atoms with Gasteiger partial charge in [0.05, 0.1) is 22.1 Å². The minimum Gasteiger partial charge on any atom is -0.434 e. The third-order valence-corrected chi connectivity index (χ3v) is 9.35. The van der Waals surface area contributed by atoms with Crippen LogP contribution in [0.2, 0.25) is 0 Å². The van der Waals surface area contributed by atoms with E-state index in [9.17, 15) is 49.1 Å². The van der Waals surface area contributed by atoms with Crippen molar-refractivity contribution in [3.05, 3.63) is 23.5 Å². The number of amides is 1. The normalized spacial score (nSPS) is 20.1. The molecule has 1 amide bonds. The molecule has 0 bridgehead atoms. The number of aryl methyl sites for hydroxylation is 1. The summed E-state index contributed by atoms with van der Waals surface area (Å²) in [6, 6.07) is 0.740. The van der Waals surface area contributed by atoms with E-state index in [1.807, 2.05) is 5.32 Å². The predicted octanol–water partition coefficient (Wildman–Crippen LogP) is 4.71. The molecule has 0 atom stereocenters. The van der Waals surface area contributed by atoms with E-state index in [1.165, 1.54) is 11.6 Å². The number of nitrogens with zero attached hydrogens (tertiary/aromatic N) is 3. The minimum atomic E-state index is -5.92. The van der Waals surface area contributed by atoms with Crippen LogP contribution >= 0.6 is 0 Å². The van der Waals surface area contributed by atoms with Crippen molar-refractivity contribution >= 4 is 21.6 Å². The highest BCUT2D eigenvalue weighted by molar-refractivity contribution is 7.91. The number of pyridine rings is 1. The first kappa shape index (κ1) is 35.3. The van der Waals surface area contributed by atoms with Crippen molar-refractivity contribution in [2.45, 2.75) is 95.0 Å². The maximum absolute atomic E-state index is 14.1. The Hall–Kier alpha value is -3.15. The zero-order chi connectivity index (χ0) is 33.5. The Morgan fingerprint density at radius 1 is 1.20 bits per heavy atom. The third-order valence-electron chi connectivity index (χ3n) is 7.67. The van der Waals surface area contributed by atoms with Gasteiger partial charge in [0.15, 0.2) is 5.69 Å². The average Bonchev–Trinajstić information content (AvgIpc) is 3.22. The molecule has 3 N–H and O–H groups in total. The summed E-state index contributed by atoms with van der Waals surface area (Å²) in [6.07, 6.45) is -3.18. The van der Waals surface area contributed by atoms with Crippen LogP contribution in [0.1, 0.15) is 62.5 Å². The van der Waals surface area contributed by atoms with E-state index < -0.39 is 62.4 Å². The van der Waals surface area contributed by atoms with Crippen molar-refractivity contribution in [3.8, 4) is 17.0 Å². The molecule has 2 heterocycles. The number of carbonyl (C=O) groups is 1. The number of rotatable bonds is 11. The van der Waals surface area contributed by atoms with Gasteiger partial charge in [-0.2, -0.15) is 35.8 Å². The summed E-state index contributed by atoms with van der Waals surface area (Å²) in [5.41, 5.74) is -4.35. The van der Waals surface area contributed by atoms with Crippen LogP contribution in [-0.4, -0.2) is 82.1 Å². The number of alkyl halides is 7. The van der Waals surface area contributed by atoms with Crippen LogP contribution in [-0.2, 0) is 16.4 Å². The van der Waals surface area contributed by atoms with Crippen LogP contribution in [0.5, 0.6) is 5.75 Å². The molecule has 3 rings (SSSR count).